The summed E-state index contributed by atoms with van der Waals surface area (Å²) in [4.78, 5) is 11.6. The summed E-state index contributed by atoms with van der Waals surface area (Å²) in [6.45, 7) is 8.30. The highest BCUT2D eigenvalue weighted by atomic mass is 16.5. The van der Waals surface area contributed by atoms with Gasteiger partial charge in [0.05, 0.1) is 6.10 Å². The predicted molar refractivity (Wildman–Crippen MR) is 75.2 cm³/mol. The van der Waals surface area contributed by atoms with Crippen LogP contribution in [-0.4, -0.2) is 24.2 Å². The standard InChI is InChI=1S/C15H23NO3/c1-10(2)8-16-15(18)9-19-14-7-11(3)5-6-13(14)12(4)17/h5-7,10,12,17H,8-9H2,1-4H3,(H,16,18)/t12-/m1/s1. The van der Waals surface area contributed by atoms with Crippen molar-refractivity contribution in [2.45, 2.75) is 33.8 Å². The summed E-state index contributed by atoms with van der Waals surface area (Å²) in [6, 6.07) is 5.56. The van der Waals surface area contributed by atoms with Gasteiger partial charge in [0.1, 0.15) is 5.75 Å². The minimum Gasteiger partial charge on any atom is -0.483 e. The van der Waals surface area contributed by atoms with Crippen LogP contribution in [-0.2, 0) is 4.79 Å². The van der Waals surface area contributed by atoms with Gasteiger partial charge < -0.3 is 15.2 Å². The Labute approximate surface area is 114 Å². The zero-order chi connectivity index (χ0) is 14.4. The number of aryl methyl sites for hydroxylation is 1. The van der Waals surface area contributed by atoms with Crippen LogP contribution in [0.1, 0.15) is 38.0 Å². The highest BCUT2D eigenvalue weighted by Crippen LogP contribution is 2.26. The molecule has 0 spiro atoms. The fraction of sp³-hybridized carbons (Fsp3) is 0.533. The second-order valence-corrected chi connectivity index (χ2v) is 5.20. The number of aliphatic hydroxyl groups is 1. The molecule has 0 aliphatic rings. The van der Waals surface area contributed by atoms with Gasteiger partial charge in [-0.1, -0.05) is 26.0 Å². The Hall–Kier alpha value is -1.55. The van der Waals surface area contributed by atoms with E-state index < -0.39 is 6.10 Å². The molecule has 0 radical (unpaired) electrons. The molecule has 0 fully saturated rings. The van der Waals surface area contributed by atoms with Crippen molar-refractivity contribution in [3.8, 4) is 5.75 Å². The van der Waals surface area contributed by atoms with E-state index in [0.717, 1.165) is 5.56 Å². The van der Waals surface area contributed by atoms with Gasteiger partial charge in [0.15, 0.2) is 6.61 Å². The predicted octanol–water partition coefficient (Wildman–Crippen LogP) is 2.20. The van der Waals surface area contributed by atoms with Gasteiger partial charge in [-0.3, -0.25) is 4.79 Å². The summed E-state index contributed by atoms with van der Waals surface area (Å²) in [7, 11) is 0. The molecule has 0 aliphatic heterocycles. The van der Waals surface area contributed by atoms with Crippen LogP contribution in [0, 0.1) is 12.8 Å². The van der Waals surface area contributed by atoms with Gasteiger partial charge in [0, 0.05) is 12.1 Å². The normalized spacial score (nSPS) is 12.3. The van der Waals surface area contributed by atoms with E-state index in [1.165, 1.54) is 0 Å². The summed E-state index contributed by atoms with van der Waals surface area (Å²) in [5.41, 5.74) is 1.73. The molecule has 0 aliphatic carbocycles. The second kappa shape index (κ2) is 7.14. The minimum absolute atomic E-state index is 0.0319. The first-order valence-corrected chi connectivity index (χ1v) is 6.58. The zero-order valence-corrected chi connectivity index (χ0v) is 12.1. The van der Waals surface area contributed by atoms with E-state index in [9.17, 15) is 9.90 Å². The SMILES string of the molecule is Cc1ccc([C@@H](C)O)c(OCC(=O)NCC(C)C)c1. The molecule has 1 rings (SSSR count). The van der Waals surface area contributed by atoms with Crippen molar-refractivity contribution in [1.82, 2.24) is 5.32 Å². The maximum Gasteiger partial charge on any atom is 0.257 e. The molecule has 0 bridgehead atoms. The average molecular weight is 265 g/mol. The molecule has 2 N–H and O–H groups in total. The molecule has 1 aromatic carbocycles. The van der Waals surface area contributed by atoms with Crippen LogP contribution in [0.25, 0.3) is 0 Å². The lowest BCUT2D eigenvalue weighted by molar-refractivity contribution is -0.123. The Kier molecular flexibility index (Phi) is 5.83. The first-order chi connectivity index (χ1) is 8.90. The molecule has 106 valence electrons. The highest BCUT2D eigenvalue weighted by molar-refractivity contribution is 5.77. The topological polar surface area (TPSA) is 58.6 Å². The van der Waals surface area contributed by atoms with Crippen molar-refractivity contribution in [2.24, 2.45) is 5.92 Å². The molecular formula is C15H23NO3. The van der Waals surface area contributed by atoms with Gasteiger partial charge >= 0.3 is 0 Å². The largest absolute Gasteiger partial charge is 0.483 e. The lowest BCUT2D eigenvalue weighted by atomic mass is 10.1. The molecule has 19 heavy (non-hydrogen) atoms. The monoisotopic (exact) mass is 265 g/mol. The van der Waals surface area contributed by atoms with Crippen LogP contribution in [0.3, 0.4) is 0 Å². The smallest absolute Gasteiger partial charge is 0.257 e. The minimum atomic E-state index is -0.616. The number of aliphatic hydroxyl groups excluding tert-OH is 1. The molecule has 1 atom stereocenters. The van der Waals surface area contributed by atoms with E-state index in [1.54, 1.807) is 6.92 Å². The molecule has 4 heteroatoms. The van der Waals surface area contributed by atoms with Crippen LogP contribution >= 0.6 is 0 Å². The lowest BCUT2D eigenvalue weighted by Crippen LogP contribution is -2.31. The van der Waals surface area contributed by atoms with E-state index in [1.807, 2.05) is 39.0 Å². The molecule has 0 saturated heterocycles. The summed E-state index contributed by atoms with van der Waals surface area (Å²) in [6.07, 6.45) is -0.616. The number of amides is 1. The number of carbonyl (C=O) groups excluding carboxylic acids is 1. The molecule has 1 aromatic rings. The van der Waals surface area contributed by atoms with Gasteiger partial charge in [-0.2, -0.15) is 0 Å². The Morgan fingerprint density at radius 1 is 1.37 bits per heavy atom. The van der Waals surface area contributed by atoms with Crippen molar-refractivity contribution in [3.05, 3.63) is 29.3 Å². The summed E-state index contributed by atoms with van der Waals surface area (Å²) in [5.74, 6) is 0.831. The first-order valence-electron chi connectivity index (χ1n) is 6.58. The fourth-order valence-electron chi connectivity index (χ4n) is 1.62. The van der Waals surface area contributed by atoms with Gasteiger partial charge in [0.25, 0.3) is 5.91 Å². The first kappa shape index (κ1) is 15.5. The van der Waals surface area contributed by atoms with Gasteiger partial charge in [-0.05, 0) is 31.4 Å². The van der Waals surface area contributed by atoms with Crippen LogP contribution in [0.15, 0.2) is 18.2 Å². The Morgan fingerprint density at radius 2 is 2.05 bits per heavy atom. The number of nitrogens with one attached hydrogen (secondary N) is 1. The van der Waals surface area contributed by atoms with Crippen LogP contribution in [0.2, 0.25) is 0 Å². The molecule has 4 nitrogen and oxygen atoms in total. The molecule has 1 amide bonds. The van der Waals surface area contributed by atoms with Crippen molar-refractivity contribution < 1.29 is 14.6 Å². The van der Waals surface area contributed by atoms with Crippen LogP contribution in [0.5, 0.6) is 5.75 Å². The zero-order valence-electron chi connectivity index (χ0n) is 12.1. The van der Waals surface area contributed by atoms with E-state index in [4.69, 9.17) is 4.74 Å². The van der Waals surface area contributed by atoms with Crippen LogP contribution in [0.4, 0.5) is 0 Å². The third kappa shape index (κ3) is 5.30. The van der Waals surface area contributed by atoms with Gasteiger partial charge in [0.2, 0.25) is 0 Å². The lowest BCUT2D eigenvalue weighted by Gasteiger charge is -2.14. The number of carbonyl (C=O) groups is 1. The Morgan fingerprint density at radius 3 is 2.63 bits per heavy atom. The summed E-state index contributed by atoms with van der Waals surface area (Å²) < 4.78 is 5.50. The number of hydrogen-bond acceptors (Lipinski definition) is 3. The van der Waals surface area contributed by atoms with Crippen molar-refractivity contribution in [3.63, 3.8) is 0 Å². The van der Waals surface area contributed by atoms with Crippen molar-refractivity contribution in [1.29, 1.82) is 0 Å². The average Bonchev–Trinajstić information content (AvgIpc) is 2.33. The summed E-state index contributed by atoms with van der Waals surface area (Å²) >= 11 is 0. The molecule has 0 heterocycles. The van der Waals surface area contributed by atoms with E-state index in [-0.39, 0.29) is 12.5 Å². The Bertz CT molecular complexity index is 427. The number of benzene rings is 1. The third-order valence-electron chi connectivity index (χ3n) is 2.69. The second-order valence-electron chi connectivity index (χ2n) is 5.20. The molecule has 0 saturated carbocycles. The number of ether oxygens (including phenoxy) is 1. The molecular weight excluding hydrogens is 242 g/mol. The van der Waals surface area contributed by atoms with Crippen LogP contribution < -0.4 is 10.1 Å². The van der Waals surface area contributed by atoms with Crippen molar-refractivity contribution >= 4 is 5.91 Å². The maximum absolute atomic E-state index is 11.6. The van der Waals surface area contributed by atoms with E-state index >= 15 is 0 Å². The fourth-order valence-corrected chi connectivity index (χ4v) is 1.62. The van der Waals surface area contributed by atoms with Gasteiger partial charge in [-0.15, -0.1) is 0 Å². The molecule has 0 unspecified atom stereocenters. The number of hydrogen-bond donors (Lipinski definition) is 2. The van der Waals surface area contributed by atoms with E-state index in [0.29, 0.717) is 23.8 Å². The quantitative estimate of drug-likeness (QED) is 0.829. The molecule has 0 aromatic heterocycles. The summed E-state index contributed by atoms with van der Waals surface area (Å²) in [5, 5.41) is 12.4. The third-order valence-corrected chi connectivity index (χ3v) is 2.69. The maximum atomic E-state index is 11.6. The number of rotatable bonds is 6. The van der Waals surface area contributed by atoms with Gasteiger partial charge in [-0.25, -0.2) is 0 Å². The Balaban J connectivity index is 2.61. The highest BCUT2D eigenvalue weighted by Gasteiger charge is 2.11. The van der Waals surface area contributed by atoms with Crippen molar-refractivity contribution in [2.75, 3.05) is 13.2 Å². The van der Waals surface area contributed by atoms with E-state index in [2.05, 4.69) is 5.32 Å².